The second-order valence-corrected chi connectivity index (χ2v) is 5.63. The third kappa shape index (κ3) is 3.38. The van der Waals surface area contributed by atoms with Gasteiger partial charge < -0.3 is 21.5 Å². The lowest BCUT2D eigenvalue weighted by Gasteiger charge is -2.09. The Morgan fingerprint density at radius 3 is 2.78 bits per heavy atom. The number of nitrogens with zero attached hydrogens (tertiary/aromatic N) is 2. The molecule has 0 aliphatic heterocycles. The molecule has 0 saturated heterocycles. The number of fused-ring (bicyclic) bond motifs is 1. The fourth-order valence-electron chi connectivity index (χ4n) is 2.61. The van der Waals surface area contributed by atoms with Crippen LogP contribution in [-0.2, 0) is 13.6 Å². The molecule has 3 aromatic rings. The van der Waals surface area contributed by atoms with Crippen LogP contribution in [0.5, 0.6) is 0 Å². The molecule has 2 aromatic heterocycles. The maximum Gasteiger partial charge on any atom is 0.251 e. The van der Waals surface area contributed by atoms with Crippen LogP contribution in [0.3, 0.4) is 0 Å². The van der Waals surface area contributed by atoms with Gasteiger partial charge in [0.1, 0.15) is 0 Å². The first-order chi connectivity index (χ1) is 10.6. The van der Waals surface area contributed by atoms with Gasteiger partial charge in [-0.1, -0.05) is 30.3 Å². The van der Waals surface area contributed by atoms with E-state index in [1.165, 1.54) is 0 Å². The third-order valence-corrected chi connectivity index (χ3v) is 3.96. The number of benzene rings is 1. The molecule has 118 valence electrons. The molecule has 3 nitrogen and oxygen atoms in total. The number of aromatic nitrogens is 2. The quantitative estimate of drug-likeness (QED) is 0.467. The molecule has 0 bridgehead atoms. The Morgan fingerprint density at radius 1 is 1.30 bits per heavy atom. The van der Waals surface area contributed by atoms with Crippen LogP contribution in [0.4, 0.5) is 0 Å². The molecule has 0 fully saturated rings. The first kappa shape index (κ1) is 17.4. The Morgan fingerprint density at radius 2 is 2.09 bits per heavy atom. The summed E-state index contributed by atoms with van der Waals surface area (Å²) < 4.78 is 3.69. The lowest BCUT2D eigenvalue weighted by molar-refractivity contribution is -0.685. The van der Waals surface area contributed by atoms with Gasteiger partial charge in [0.25, 0.3) is 5.56 Å². The van der Waals surface area contributed by atoms with Crippen molar-refractivity contribution < 1.29 is 21.5 Å². The summed E-state index contributed by atoms with van der Waals surface area (Å²) in [5, 5.41) is 1.66. The SMILES string of the molecule is C=CC[n+]1ccc2c(c1)c(-c1cccc(Cl)c1)cc(=O)n2C.[Br-]. The minimum atomic E-state index is -0.0380. The molecule has 0 atom stereocenters. The number of pyridine rings is 2. The number of allylic oxidation sites excluding steroid dienone is 1. The Balaban J connectivity index is 0.00000192. The highest BCUT2D eigenvalue weighted by Crippen LogP contribution is 2.27. The Bertz CT molecular complexity index is 934. The molecule has 0 saturated carbocycles. The molecule has 3 rings (SSSR count). The summed E-state index contributed by atoms with van der Waals surface area (Å²) in [5.41, 5.74) is 2.68. The number of rotatable bonds is 3. The van der Waals surface area contributed by atoms with Crippen LogP contribution in [0.15, 0.2) is 66.2 Å². The lowest BCUT2D eigenvalue weighted by Crippen LogP contribution is -3.00. The minimum absolute atomic E-state index is 0. The van der Waals surface area contributed by atoms with Gasteiger partial charge in [-0.3, -0.25) is 4.79 Å². The van der Waals surface area contributed by atoms with E-state index in [-0.39, 0.29) is 22.5 Å². The van der Waals surface area contributed by atoms with Crippen molar-refractivity contribution in [2.45, 2.75) is 6.54 Å². The van der Waals surface area contributed by atoms with Crippen molar-refractivity contribution in [2.75, 3.05) is 0 Å². The Kier molecular flexibility index (Phi) is 5.39. The van der Waals surface area contributed by atoms with E-state index >= 15 is 0 Å². The van der Waals surface area contributed by atoms with E-state index in [1.54, 1.807) is 17.7 Å². The van der Waals surface area contributed by atoms with Crippen molar-refractivity contribution in [2.24, 2.45) is 7.05 Å². The van der Waals surface area contributed by atoms with Gasteiger partial charge in [0, 0.05) is 29.8 Å². The molecule has 0 spiro atoms. The molecule has 0 radical (unpaired) electrons. The predicted molar refractivity (Wildman–Crippen MR) is 90.0 cm³/mol. The Labute approximate surface area is 150 Å². The molecule has 1 aromatic carbocycles. The second-order valence-electron chi connectivity index (χ2n) is 5.19. The lowest BCUT2D eigenvalue weighted by atomic mass is 10.0. The summed E-state index contributed by atoms with van der Waals surface area (Å²) >= 11 is 6.10. The second kappa shape index (κ2) is 7.11. The number of aryl methyl sites for hydroxylation is 1. The average Bonchev–Trinajstić information content (AvgIpc) is 2.51. The minimum Gasteiger partial charge on any atom is -1.00 e. The van der Waals surface area contributed by atoms with Crippen LogP contribution >= 0.6 is 11.6 Å². The fraction of sp³-hybridized carbons (Fsp3) is 0.111. The van der Waals surface area contributed by atoms with Crippen molar-refractivity contribution >= 4 is 22.5 Å². The van der Waals surface area contributed by atoms with Crippen LogP contribution < -0.4 is 27.1 Å². The van der Waals surface area contributed by atoms with E-state index in [0.717, 1.165) is 22.0 Å². The van der Waals surface area contributed by atoms with Gasteiger partial charge in [0.2, 0.25) is 0 Å². The highest BCUT2D eigenvalue weighted by molar-refractivity contribution is 6.30. The van der Waals surface area contributed by atoms with Crippen LogP contribution in [0.2, 0.25) is 5.02 Å². The molecule has 0 aliphatic carbocycles. The van der Waals surface area contributed by atoms with Gasteiger partial charge in [-0.15, -0.1) is 0 Å². The average molecular weight is 392 g/mol. The number of hydrogen-bond acceptors (Lipinski definition) is 1. The van der Waals surface area contributed by atoms with Gasteiger partial charge in [-0.25, -0.2) is 4.57 Å². The van der Waals surface area contributed by atoms with Gasteiger partial charge in [0.05, 0.1) is 10.9 Å². The standard InChI is InChI=1S/C18H16ClN2O.BrH/c1-3-8-21-9-7-17-16(12-21)15(11-18(22)20(17)2)13-5-4-6-14(19)10-13;/h3-7,9-12H,1,8H2,2H3;1H/q+1;/p-1. The van der Waals surface area contributed by atoms with Crippen molar-refractivity contribution in [1.82, 2.24) is 4.57 Å². The van der Waals surface area contributed by atoms with E-state index in [1.807, 2.05) is 53.4 Å². The topological polar surface area (TPSA) is 25.9 Å². The summed E-state index contributed by atoms with van der Waals surface area (Å²) in [7, 11) is 1.78. The number of halogens is 2. The maximum atomic E-state index is 12.2. The molecular weight excluding hydrogens is 376 g/mol. The van der Waals surface area contributed by atoms with Gasteiger partial charge >= 0.3 is 0 Å². The molecule has 0 amide bonds. The highest BCUT2D eigenvalue weighted by Gasteiger charge is 2.12. The molecule has 0 unspecified atom stereocenters. The number of hydrogen-bond donors (Lipinski definition) is 0. The highest BCUT2D eigenvalue weighted by atomic mass is 79.9. The summed E-state index contributed by atoms with van der Waals surface area (Å²) in [6.07, 6.45) is 5.82. The van der Waals surface area contributed by atoms with E-state index in [2.05, 4.69) is 6.58 Å². The molecule has 2 heterocycles. The van der Waals surface area contributed by atoms with Crippen molar-refractivity contribution in [3.63, 3.8) is 0 Å². The van der Waals surface area contributed by atoms with E-state index in [0.29, 0.717) is 11.6 Å². The summed E-state index contributed by atoms with van der Waals surface area (Å²) in [6.45, 7) is 4.48. The molecule has 23 heavy (non-hydrogen) atoms. The normalized spacial score (nSPS) is 10.3. The molecule has 0 aliphatic rings. The first-order valence-electron chi connectivity index (χ1n) is 7.00. The first-order valence-corrected chi connectivity index (χ1v) is 7.37. The molecule has 0 N–H and O–H groups in total. The Hall–Kier alpha value is -1.91. The van der Waals surface area contributed by atoms with Crippen molar-refractivity contribution in [3.8, 4) is 11.1 Å². The zero-order valence-electron chi connectivity index (χ0n) is 12.7. The van der Waals surface area contributed by atoms with Crippen molar-refractivity contribution in [3.05, 3.63) is 76.8 Å². The van der Waals surface area contributed by atoms with Crippen LogP contribution in [-0.4, -0.2) is 4.57 Å². The van der Waals surface area contributed by atoms with Gasteiger partial charge in [-0.05, 0) is 23.8 Å². The fourth-order valence-corrected chi connectivity index (χ4v) is 2.80. The van der Waals surface area contributed by atoms with Crippen LogP contribution in [0.1, 0.15) is 0 Å². The summed E-state index contributed by atoms with van der Waals surface area (Å²) in [4.78, 5) is 12.2. The zero-order valence-corrected chi connectivity index (χ0v) is 15.0. The van der Waals surface area contributed by atoms with Crippen LogP contribution in [0.25, 0.3) is 22.0 Å². The monoisotopic (exact) mass is 390 g/mol. The van der Waals surface area contributed by atoms with Gasteiger partial charge in [0.15, 0.2) is 18.9 Å². The van der Waals surface area contributed by atoms with E-state index in [4.69, 9.17) is 11.6 Å². The van der Waals surface area contributed by atoms with E-state index < -0.39 is 0 Å². The smallest absolute Gasteiger partial charge is 0.251 e. The zero-order chi connectivity index (χ0) is 15.7. The van der Waals surface area contributed by atoms with Gasteiger partial charge in [-0.2, -0.15) is 0 Å². The maximum absolute atomic E-state index is 12.2. The predicted octanol–water partition coefficient (Wildman–Crippen LogP) is 0.336. The molecular formula is C18H16BrClN2O. The third-order valence-electron chi connectivity index (χ3n) is 3.72. The largest absolute Gasteiger partial charge is 1.00 e. The summed E-state index contributed by atoms with van der Waals surface area (Å²) in [6, 6.07) is 11.2. The molecule has 5 heteroatoms. The van der Waals surface area contributed by atoms with E-state index in [9.17, 15) is 4.79 Å². The van der Waals surface area contributed by atoms with Crippen LogP contribution in [0, 0.1) is 0 Å². The van der Waals surface area contributed by atoms with Crippen molar-refractivity contribution in [1.29, 1.82) is 0 Å². The summed E-state index contributed by atoms with van der Waals surface area (Å²) in [5.74, 6) is 0.